The van der Waals surface area contributed by atoms with Crippen molar-refractivity contribution in [1.82, 2.24) is 4.98 Å². The van der Waals surface area contributed by atoms with Crippen molar-refractivity contribution in [2.75, 3.05) is 43.6 Å². The number of anilines is 2. The maximum Gasteiger partial charge on any atom is 0.131 e. The second-order valence-electron chi connectivity index (χ2n) is 4.99. The predicted octanol–water partition coefficient (Wildman–Crippen LogP) is 2.21. The standard InChI is InChI=1S/C15H19N3O2/c1-20-8-5-16-13-10-15(18-6-2-7-18)17-14-9-11(19)3-4-12(13)14/h3-4,9-10,19H,2,5-8H2,1H3,(H,16,17). The van der Waals surface area contributed by atoms with Crippen LogP contribution in [0.25, 0.3) is 10.9 Å². The number of fused-ring (bicyclic) bond motifs is 1. The molecule has 1 aromatic heterocycles. The fourth-order valence-electron chi connectivity index (χ4n) is 2.34. The van der Waals surface area contributed by atoms with Crippen LogP contribution >= 0.6 is 0 Å². The minimum atomic E-state index is 0.244. The fraction of sp³-hybridized carbons (Fsp3) is 0.400. The van der Waals surface area contributed by atoms with Gasteiger partial charge in [0.15, 0.2) is 0 Å². The van der Waals surface area contributed by atoms with Gasteiger partial charge in [0, 0.05) is 50.0 Å². The molecular formula is C15H19N3O2. The van der Waals surface area contributed by atoms with Crippen molar-refractivity contribution < 1.29 is 9.84 Å². The van der Waals surface area contributed by atoms with Crippen LogP contribution in [0.1, 0.15) is 6.42 Å². The zero-order valence-corrected chi connectivity index (χ0v) is 11.6. The molecule has 0 bridgehead atoms. The number of hydrogen-bond donors (Lipinski definition) is 2. The minimum Gasteiger partial charge on any atom is -0.508 e. The summed E-state index contributed by atoms with van der Waals surface area (Å²) in [7, 11) is 1.69. The second kappa shape index (κ2) is 5.54. The van der Waals surface area contributed by atoms with Crippen molar-refractivity contribution in [3.05, 3.63) is 24.3 Å². The number of pyridine rings is 1. The maximum atomic E-state index is 9.64. The van der Waals surface area contributed by atoms with E-state index in [-0.39, 0.29) is 5.75 Å². The Morgan fingerprint density at radius 3 is 2.90 bits per heavy atom. The molecular weight excluding hydrogens is 254 g/mol. The number of aromatic nitrogens is 1. The highest BCUT2D eigenvalue weighted by atomic mass is 16.5. The monoisotopic (exact) mass is 273 g/mol. The first-order valence-corrected chi connectivity index (χ1v) is 6.89. The number of methoxy groups -OCH3 is 1. The normalized spacial score (nSPS) is 14.3. The summed E-state index contributed by atoms with van der Waals surface area (Å²) in [4.78, 5) is 6.88. The van der Waals surface area contributed by atoms with Crippen molar-refractivity contribution in [3.63, 3.8) is 0 Å². The number of hydrogen-bond acceptors (Lipinski definition) is 5. The van der Waals surface area contributed by atoms with Crippen molar-refractivity contribution in [1.29, 1.82) is 0 Å². The Bertz CT molecular complexity index is 611. The van der Waals surface area contributed by atoms with Gasteiger partial charge in [0.25, 0.3) is 0 Å². The summed E-state index contributed by atoms with van der Waals surface area (Å²) < 4.78 is 5.08. The van der Waals surface area contributed by atoms with Gasteiger partial charge in [-0.15, -0.1) is 0 Å². The Labute approximate surface area is 118 Å². The maximum absolute atomic E-state index is 9.64. The van der Waals surface area contributed by atoms with E-state index in [9.17, 15) is 5.11 Å². The number of phenols is 1. The van der Waals surface area contributed by atoms with Crippen LogP contribution in [0.15, 0.2) is 24.3 Å². The van der Waals surface area contributed by atoms with Gasteiger partial charge >= 0.3 is 0 Å². The highest BCUT2D eigenvalue weighted by Crippen LogP contribution is 2.30. The van der Waals surface area contributed by atoms with Gasteiger partial charge in [-0.25, -0.2) is 4.98 Å². The van der Waals surface area contributed by atoms with Gasteiger partial charge in [-0.1, -0.05) is 0 Å². The molecule has 1 saturated heterocycles. The van der Waals surface area contributed by atoms with E-state index in [0.717, 1.165) is 42.0 Å². The SMILES string of the molecule is COCCNc1cc(N2CCC2)nc2cc(O)ccc12. The first kappa shape index (κ1) is 13.0. The van der Waals surface area contributed by atoms with Crippen molar-refractivity contribution in [2.45, 2.75) is 6.42 Å². The summed E-state index contributed by atoms with van der Waals surface area (Å²) >= 11 is 0. The van der Waals surface area contributed by atoms with Gasteiger partial charge in [0.2, 0.25) is 0 Å². The van der Waals surface area contributed by atoms with Gasteiger partial charge in [-0.05, 0) is 18.6 Å². The molecule has 1 aromatic carbocycles. The molecule has 2 heterocycles. The molecule has 0 spiro atoms. The van der Waals surface area contributed by atoms with Crippen LogP contribution in [-0.4, -0.2) is 43.4 Å². The van der Waals surface area contributed by atoms with E-state index in [0.29, 0.717) is 6.61 Å². The summed E-state index contributed by atoms with van der Waals surface area (Å²) in [6.07, 6.45) is 1.21. The molecule has 0 aliphatic carbocycles. The van der Waals surface area contributed by atoms with Crippen LogP contribution in [-0.2, 0) is 4.74 Å². The van der Waals surface area contributed by atoms with Gasteiger partial charge < -0.3 is 20.1 Å². The topological polar surface area (TPSA) is 57.6 Å². The highest BCUT2D eigenvalue weighted by molar-refractivity contribution is 5.94. The zero-order chi connectivity index (χ0) is 13.9. The third-order valence-corrected chi connectivity index (χ3v) is 3.58. The summed E-state index contributed by atoms with van der Waals surface area (Å²) in [6, 6.07) is 7.37. The Hall–Kier alpha value is -2.01. The predicted molar refractivity (Wildman–Crippen MR) is 80.6 cm³/mol. The lowest BCUT2D eigenvalue weighted by atomic mass is 10.1. The largest absolute Gasteiger partial charge is 0.508 e. The molecule has 1 aliphatic heterocycles. The van der Waals surface area contributed by atoms with E-state index >= 15 is 0 Å². The average molecular weight is 273 g/mol. The van der Waals surface area contributed by atoms with Crippen LogP contribution in [0.4, 0.5) is 11.5 Å². The third-order valence-electron chi connectivity index (χ3n) is 3.58. The number of benzene rings is 1. The van der Waals surface area contributed by atoms with Gasteiger partial charge in [-0.2, -0.15) is 0 Å². The molecule has 3 rings (SSSR count). The summed E-state index contributed by atoms with van der Waals surface area (Å²) in [5.74, 6) is 1.21. The van der Waals surface area contributed by atoms with Crippen LogP contribution in [0.2, 0.25) is 0 Å². The molecule has 2 aromatic rings. The Morgan fingerprint density at radius 2 is 2.20 bits per heavy atom. The molecule has 1 fully saturated rings. The molecule has 106 valence electrons. The molecule has 0 unspecified atom stereocenters. The Kier molecular flexibility index (Phi) is 3.60. The summed E-state index contributed by atoms with van der Waals surface area (Å²) in [6.45, 7) is 3.50. The van der Waals surface area contributed by atoms with E-state index in [1.807, 2.05) is 6.07 Å². The summed E-state index contributed by atoms with van der Waals surface area (Å²) in [5, 5.41) is 14.0. The molecule has 0 radical (unpaired) electrons. The number of nitrogens with one attached hydrogen (secondary N) is 1. The van der Waals surface area contributed by atoms with Gasteiger partial charge in [-0.3, -0.25) is 0 Å². The zero-order valence-electron chi connectivity index (χ0n) is 11.6. The average Bonchev–Trinajstić information content (AvgIpc) is 2.36. The van der Waals surface area contributed by atoms with E-state index in [1.165, 1.54) is 6.42 Å². The number of nitrogens with zero attached hydrogens (tertiary/aromatic N) is 2. The lowest BCUT2D eigenvalue weighted by Gasteiger charge is -2.32. The molecule has 0 amide bonds. The lowest BCUT2D eigenvalue weighted by Crippen LogP contribution is -2.37. The summed E-state index contributed by atoms with van der Waals surface area (Å²) in [5.41, 5.74) is 1.85. The Balaban J connectivity index is 1.99. The quantitative estimate of drug-likeness (QED) is 0.818. The first-order chi connectivity index (χ1) is 9.78. The second-order valence-corrected chi connectivity index (χ2v) is 4.99. The van der Waals surface area contributed by atoms with Crippen LogP contribution < -0.4 is 10.2 Å². The smallest absolute Gasteiger partial charge is 0.131 e. The molecule has 20 heavy (non-hydrogen) atoms. The van der Waals surface area contributed by atoms with E-state index in [2.05, 4.69) is 21.3 Å². The number of ether oxygens (including phenoxy) is 1. The van der Waals surface area contributed by atoms with Crippen molar-refractivity contribution in [2.24, 2.45) is 0 Å². The fourth-order valence-corrected chi connectivity index (χ4v) is 2.34. The van der Waals surface area contributed by atoms with Crippen LogP contribution in [0.5, 0.6) is 5.75 Å². The number of phenolic OH excluding ortho intramolecular Hbond substituents is 1. The number of aromatic hydroxyl groups is 1. The third kappa shape index (κ3) is 2.49. The van der Waals surface area contributed by atoms with Gasteiger partial charge in [0.1, 0.15) is 11.6 Å². The molecule has 1 aliphatic rings. The minimum absolute atomic E-state index is 0.244. The first-order valence-electron chi connectivity index (χ1n) is 6.89. The number of rotatable bonds is 5. The molecule has 2 N–H and O–H groups in total. The molecule has 5 nitrogen and oxygen atoms in total. The van der Waals surface area contributed by atoms with E-state index in [4.69, 9.17) is 4.74 Å². The van der Waals surface area contributed by atoms with Gasteiger partial charge in [0.05, 0.1) is 12.1 Å². The van der Waals surface area contributed by atoms with E-state index < -0.39 is 0 Å². The van der Waals surface area contributed by atoms with Crippen LogP contribution in [0.3, 0.4) is 0 Å². The van der Waals surface area contributed by atoms with Crippen molar-refractivity contribution >= 4 is 22.4 Å². The molecule has 0 atom stereocenters. The Morgan fingerprint density at radius 1 is 1.35 bits per heavy atom. The van der Waals surface area contributed by atoms with E-state index in [1.54, 1.807) is 19.2 Å². The molecule has 0 saturated carbocycles. The van der Waals surface area contributed by atoms with Crippen molar-refractivity contribution in [3.8, 4) is 5.75 Å². The molecule has 5 heteroatoms. The van der Waals surface area contributed by atoms with Crippen LogP contribution in [0, 0.1) is 0 Å². The lowest BCUT2D eigenvalue weighted by molar-refractivity contribution is 0.211. The highest BCUT2D eigenvalue weighted by Gasteiger charge is 2.17.